The Labute approximate surface area is 67.0 Å². The van der Waals surface area contributed by atoms with E-state index < -0.39 is 0 Å². The zero-order valence-corrected chi connectivity index (χ0v) is 6.83. The molecular weight excluding hydrogens is 138 g/mol. The molecule has 0 heterocycles. The van der Waals surface area contributed by atoms with Crippen molar-refractivity contribution in [2.24, 2.45) is 0 Å². The van der Waals surface area contributed by atoms with Crippen LogP contribution in [-0.4, -0.2) is 18.4 Å². The molecule has 60 valence electrons. The highest BCUT2D eigenvalue weighted by atomic mass is 16.2. The Morgan fingerprint density at radius 1 is 1.18 bits per heavy atom. The average molecular weight is 151 g/mol. The van der Waals surface area contributed by atoms with Gasteiger partial charge >= 0.3 is 0 Å². The summed E-state index contributed by atoms with van der Waals surface area (Å²) in [5, 5.41) is 13.9. The van der Waals surface area contributed by atoms with Gasteiger partial charge in [0.2, 0.25) is 0 Å². The summed E-state index contributed by atoms with van der Waals surface area (Å²) >= 11 is 0. The minimum Gasteiger partial charge on any atom is -0.400 e. The van der Waals surface area contributed by atoms with Gasteiger partial charge in [0.05, 0.1) is 0 Å². The molecule has 0 unspecified atom stereocenters. The maximum absolute atomic E-state index is 7.00. The molecule has 11 heavy (non-hydrogen) atoms. The van der Waals surface area contributed by atoms with Crippen molar-refractivity contribution in [2.75, 3.05) is 7.11 Å². The van der Waals surface area contributed by atoms with Crippen LogP contribution in [0.3, 0.4) is 0 Å². The predicted molar refractivity (Wildman–Crippen MR) is 47.2 cm³/mol. The summed E-state index contributed by atoms with van der Waals surface area (Å²) in [4.78, 5) is 0. The molecule has 0 aliphatic heterocycles. The van der Waals surface area contributed by atoms with Gasteiger partial charge in [-0.05, 0) is 12.5 Å². The van der Waals surface area contributed by atoms with E-state index in [1.165, 1.54) is 11.8 Å². The van der Waals surface area contributed by atoms with E-state index >= 15 is 0 Å². The number of benzene rings is 1. The predicted octanol–water partition coefficient (Wildman–Crippen LogP) is 1.60. The van der Waals surface area contributed by atoms with E-state index in [2.05, 4.69) is 0 Å². The molecule has 1 aromatic carbocycles. The number of rotatable bonds is 1. The van der Waals surface area contributed by atoms with E-state index in [0.717, 1.165) is 12.7 Å². The van der Waals surface area contributed by atoms with Crippen LogP contribution in [0, 0.1) is 12.3 Å². The van der Waals surface area contributed by atoms with Gasteiger partial charge in [-0.15, -0.1) is 0 Å². The third-order valence-electron chi connectivity index (χ3n) is 1.24. The molecular formula is C9H13NO. The summed E-state index contributed by atoms with van der Waals surface area (Å²) in [6, 6.07) is 7.87. The highest BCUT2D eigenvalue weighted by molar-refractivity contribution is 5.76. The van der Waals surface area contributed by atoms with Gasteiger partial charge in [0.15, 0.2) is 0 Å². The van der Waals surface area contributed by atoms with Crippen LogP contribution >= 0.6 is 0 Å². The van der Waals surface area contributed by atoms with Gasteiger partial charge in [0.25, 0.3) is 0 Å². The smallest absolute Gasteiger partial charge is 0.0319 e. The summed E-state index contributed by atoms with van der Waals surface area (Å²) < 4.78 is 0. The van der Waals surface area contributed by atoms with Crippen LogP contribution < -0.4 is 0 Å². The molecule has 0 aliphatic carbocycles. The van der Waals surface area contributed by atoms with Gasteiger partial charge in [-0.2, -0.15) is 0 Å². The van der Waals surface area contributed by atoms with E-state index in [1.54, 1.807) is 0 Å². The second kappa shape index (κ2) is 5.62. The molecule has 0 aliphatic rings. The standard InChI is InChI=1S/C8H9N.CH4O/c1-7-2-4-8(6-9)5-3-7;1-2/h2-6,9H,1H3;2H,1H3. The van der Waals surface area contributed by atoms with Crippen molar-refractivity contribution in [3.05, 3.63) is 35.4 Å². The fourth-order valence-corrected chi connectivity index (χ4v) is 0.663. The Morgan fingerprint density at radius 2 is 1.64 bits per heavy atom. The molecule has 0 spiro atoms. The lowest BCUT2D eigenvalue weighted by Gasteiger charge is -1.90. The highest BCUT2D eigenvalue weighted by Crippen LogP contribution is 1.98. The third kappa shape index (κ3) is 3.53. The second-order valence-corrected chi connectivity index (χ2v) is 2.06. The molecule has 2 nitrogen and oxygen atoms in total. The quantitative estimate of drug-likeness (QED) is 0.588. The number of nitrogens with one attached hydrogen (secondary N) is 1. The fourth-order valence-electron chi connectivity index (χ4n) is 0.663. The number of aliphatic hydroxyl groups is 1. The lowest BCUT2D eigenvalue weighted by atomic mass is 10.2. The maximum Gasteiger partial charge on any atom is 0.0319 e. The Hall–Kier alpha value is -1.15. The van der Waals surface area contributed by atoms with Crippen LogP contribution in [0.5, 0.6) is 0 Å². The van der Waals surface area contributed by atoms with Gasteiger partial charge < -0.3 is 10.5 Å². The van der Waals surface area contributed by atoms with Gasteiger partial charge in [0.1, 0.15) is 0 Å². The first-order valence-electron chi connectivity index (χ1n) is 3.35. The normalized spacial score (nSPS) is 7.91. The Balaban J connectivity index is 0.000000461. The van der Waals surface area contributed by atoms with Gasteiger partial charge in [0, 0.05) is 13.3 Å². The number of aliphatic hydroxyl groups excluding tert-OH is 1. The highest BCUT2D eigenvalue weighted by Gasteiger charge is 1.83. The summed E-state index contributed by atoms with van der Waals surface area (Å²) in [5.74, 6) is 0. The first-order chi connectivity index (χ1) is 5.33. The van der Waals surface area contributed by atoms with Crippen LogP contribution in [0.25, 0.3) is 0 Å². The Bertz CT molecular complexity index is 203. The van der Waals surface area contributed by atoms with Crippen LogP contribution in [0.2, 0.25) is 0 Å². The van der Waals surface area contributed by atoms with E-state index in [1.807, 2.05) is 31.2 Å². The number of hydrogen-bond acceptors (Lipinski definition) is 2. The molecule has 0 amide bonds. The van der Waals surface area contributed by atoms with Crippen LogP contribution in [0.15, 0.2) is 24.3 Å². The fraction of sp³-hybridized carbons (Fsp3) is 0.222. The summed E-state index contributed by atoms with van der Waals surface area (Å²) in [5.41, 5.74) is 2.20. The van der Waals surface area contributed by atoms with E-state index in [-0.39, 0.29) is 0 Å². The van der Waals surface area contributed by atoms with Crippen LogP contribution in [-0.2, 0) is 0 Å². The molecule has 0 aromatic heterocycles. The van der Waals surface area contributed by atoms with Gasteiger partial charge in [-0.3, -0.25) is 0 Å². The summed E-state index contributed by atoms with van der Waals surface area (Å²) in [6.45, 7) is 2.04. The third-order valence-corrected chi connectivity index (χ3v) is 1.24. The average Bonchev–Trinajstić information content (AvgIpc) is 2.10. The lowest BCUT2D eigenvalue weighted by molar-refractivity contribution is 0.399. The molecule has 0 saturated carbocycles. The van der Waals surface area contributed by atoms with Gasteiger partial charge in [-0.1, -0.05) is 29.8 Å². The molecule has 0 fully saturated rings. The molecule has 1 rings (SSSR count). The largest absolute Gasteiger partial charge is 0.400 e. The molecule has 0 bridgehead atoms. The molecule has 0 atom stereocenters. The van der Waals surface area contributed by atoms with Crippen molar-refractivity contribution in [1.29, 1.82) is 5.41 Å². The van der Waals surface area contributed by atoms with E-state index in [4.69, 9.17) is 10.5 Å². The van der Waals surface area contributed by atoms with Crippen molar-refractivity contribution in [1.82, 2.24) is 0 Å². The first kappa shape index (κ1) is 9.85. The van der Waals surface area contributed by atoms with Crippen LogP contribution in [0.1, 0.15) is 11.1 Å². The lowest BCUT2D eigenvalue weighted by Crippen LogP contribution is -1.77. The topological polar surface area (TPSA) is 44.1 Å². The molecule has 0 saturated heterocycles. The molecule has 0 radical (unpaired) electrons. The van der Waals surface area contributed by atoms with Crippen molar-refractivity contribution < 1.29 is 5.11 Å². The second-order valence-electron chi connectivity index (χ2n) is 2.06. The Morgan fingerprint density at radius 3 is 2.00 bits per heavy atom. The number of aryl methyl sites for hydroxylation is 1. The summed E-state index contributed by atoms with van der Waals surface area (Å²) in [6.07, 6.45) is 1.35. The van der Waals surface area contributed by atoms with E-state index in [0.29, 0.717) is 0 Å². The maximum atomic E-state index is 7.00. The Kier molecular flexibility index (Phi) is 5.03. The zero-order chi connectivity index (χ0) is 8.69. The first-order valence-corrected chi connectivity index (χ1v) is 3.35. The monoisotopic (exact) mass is 151 g/mol. The minimum atomic E-state index is 0.959. The number of hydrogen-bond donors (Lipinski definition) is 2. The van der Waals surface area contributed by atoms with Crippen molar-refractivity contribution in [3.8, 4) is 0 Å². The van der Waals surface area contributed by atoms with Crippen LogP contribution in [0.4, 0.5) is 0 Å². The van der Waals surface area contributed by atoms with Crippen molar-refractivity contribution in [2.45, 2.75) is 6.92 Å². The van der Waals surface area contributed by atoms with Gasteiger partial charge in [-0.25, -0.2) is 0 Å². The van der Waals surface area contributed by atoms with Crippen molar-refractivity contribution >= 4 is 6.21 Å². The SMILES string of the molecule is CO.Cc1ccc(C=N)cc1. The molecule has 2 N–H and O–H groups in total. The molecule has 1 aromatic rings. The summed E-state index contributed by atoms with van der Waals surface area (Å²) in [7, 11) is 1.00. The molecule has 2 heteroatoms. The van der Waals surface area contributed by atoms with Crippen molar-refractivity contribution in [3.63, 3.8) is 0 Å². The minimum absolute atomic E-state index is 0.959. The van der Waals surface area contributed by atoms with E-state index in [9.17, 15) is 0 Å². The zero-order valence-electron chi connectivity index (χ0n) is 6.83.